The van der Waals surface area contributed by atoms with Crippen LogP contribution in [0.3, 0.4) is 0 Å². The van der Waals surface area contributed by atoms with Gasteiger partial charge in [0.1, 0.15) is 17.2 Å². The van der Waals surface area contributed by atoms with Gasteiger partial charge < -0.3 is 20.0 Å². The van der Waals surface area contributed by atoms with Gasteiger partial charge >= 0.3 is 0 Å². The SMILES string of the molecule is CC(O)CCN1C(=O)c2c3c(c(O)c(=O)n2C12CCC1C=CC12)C(=O)N(Cc1ccc(F)c(Cl)c1)CC3. The van der Waals surface area contributed by atoms with Crippen LogP contribution in [0.25, 0.3) is 0 Å². The number of nitrogens with zero attached hydrogens (tertiary/aromatic N) is 3. The fraction of sp³-hybridized carbons (Fsp3) is 0.444. The summed E-state index contributed by atoms with van der Waals surface area (Å²) in [6, 6.07) is 4.19. The summed E-state index contributed by atoms with van der Waals surface area (Å²) in [7, 11) is 0. The molecule has 2 N–H and O–H groups in total. The molecular formula is C27H27ClFN3O5. The molecule has 0 bridgehead atoms. The van der Waals surface area contributed by atoms with Crippen LogP contribution >= 0.6 is 11.6 Å². The van der Waals surface area contributed by atoms with E-state index in [1.807, 2.05) is 6.08 Å². The molecule has 0 saturated heterocycles. The van der Waals surface area contributed by atoms with Crippen LogP contribution in [0, 0.1) is 17.7 Å². The van der Waals surface area contributed by atoms with E-state index in [2.05, 4.69) is 6.08 Å². The first-order valence-electron chi connectivity index (χ1n) is 12.6. The largest absolute Gasteiger partial charge is 0.502 e. The molecular weight excluding hydrogens is 501 g/mol. The number of allylic oxidation sites excluding steroid dienone is 1. The van der Waals surface area contributed by atoms with Crippen molar-refractivity contribution in [3.63, 3.8) is 0 Å². The number of hydrogen-bond acceptors (Lipinski definition) is 5. The van der Waals surface area contributed by atoms with Crippen molar-refractivity contribution in [2.75, 3.05) is 13.1 Å². The Morgan fingerprint density at radius 1 is 1.22 bits per heavy atom. The lowest BCUT2D eigenvalue weighted by Crippen LogP contribution is -2.54. The Bertz CT molecular complexity index is 1440. The molecule has 1 spiro atoms. The zero-order valence-electron chi connectivity index (χ0n) is 20.3. The van der Waals surface area contributed by atoms with Crippen molar-refractivity contribution in [3.05, 3.63) is 73.9 Å². The van der Waals surface area contributed by atoms with E-state index in [9.17, 15) is 29.0 Å². The highest BCUT2D eigenvalue weighted by molar-refractivity contribution is 6.30. The Labute approximate surface area is 217 Å². The Kier molecular flexibility index (Phi) is 5.51. The van der Waals surface area contributed by atoms with Crippen molar-refractivity contribution in [1.82, 2.24) is 14.4 Å². The zero-order chi connectivity index (χ0) is 26.2. The lowest BCUT2D eigenvalue weighted by atomic mass is 9.79. The van der Waals surface area contributed by atoms with E-state index in [-0.39, 0.29) is 60.1 Å². The third-order valence-electron chi connectivity index (χ3n) is 8.42. The average Bonchev–Trinajstić information content (AvgIpc) is 3.22. The lowest BCUT2D eigenvalue weighted by Gasteiger charge is -2.43. The summed E-state index contributed by atoms with van der Waals surface area (Å²) in [4.78, 5) is 44.3. The predicted molar refractivity (Wildman–Crippen MR) is 133 cm³/mol. The molecule has 2 amide bonds. The van der Waals surface area contributed by atoms with Crippen LogP contribution in [0.4, 0.5) is 4.39 Å². The van der Waals surface area contributed by atoms with E-state index in [1.165, 1.54) is 27.7 Å². The Morgan fingerprint density at radius 3 is 2.65 bits per heavy atom. The number of halogens is 2. The van der Waals surface area contributed by atoms with Crippen LogP contribution in [0.2, 0.25) is 5.02 Å². The van der Waals surface area contributed by atoms with Crippen LogP contribution in [0.15, 0.2) is 35.1 Å². The number of aliphatic hydroxyl groups is 1. The molecule has 2 aliphatic heterocycles. The van der Waals surface area contributed by atoms with Gasteiger partial charge in [0.2, 0.25) is 0 Å². The summed E-state index contributed by atoms with van der Waals surface area (Å²) in [5.41, 5.74) is -0.685. The summed E-state index contributed by atoms with van der Waals surface area (Å²) in [5, 5.41) is 21.0. The minimum absolute atomic E-state index is 0.0608. The monoisotopic (exact) mass is 527 g/mol. The number of amides is 2. The van der Waals surface area contributed by atoms with Gasteiger partial charge in [0.15, 0.2) is 5.75 Å². The van der Waals surface area contributed by atoms with Gasteiger partial charge in [-0.3, -0.25) is 19.0 Å². The summed E-state index contributed by atoms with van der Waals surface area (Å²) in [6.45, 7) is 2.28. The van der Waals surface area contributed by atoms with Gasteiger partial charge in [-0.15, -0.1) is 0 Å². The van der Waals surface area contributed by atoms with E-state index in [0.29, 0.717) is 24.0 Å². The summed E-state index contributed by atoms with van der Waals surface area (Å²) in [6.07, 6.45) is 5.44. The minimum atomic E-state index is -0.949. The van der Waals surface area contributed by atoms with Crippen LogP contribution in [0.1, 0.15) is 58.2 Å². The van der Waals surface area contributed by atoms with E-state index in [0.717, 1.165) is 6.42 Å². The second-order valence-electron chi connectivity index (χ2n) is 10.5. The molecule has 10 heteroatoms. The first-order chi connectivity index (χ1) is 17.6. The van der Waals surface area contributed by atoms with Gasteiger partial charge in [-0.05, 0) is 56.2 Å². The number of fused-ring (bicyclic) bond motifs is 6. The van der Waals surface area contributed by atoms with E-state index in [1.54, 1.807) is 11.8 Å². The van der Waals surface area contributed by atoms with Gasteiger partial charge in [0, 0.05) is 31.1 Å². The summed E-state index contributed by atoms with van der Waals surface area (Å²) < 4.78 is 15.0. The smallest absolute Gasteiger partial charge is 0.296 e. The Hall–Kier alpha value is -3.17. The molecule has 1 aromatic carbocycles. The number of benzene rings is 1. The Morgan fingerprint density at radius 2 is 2.00 bits per heavy atom. The number of rotatable bonds is 5. The second kappa shape index (κ2) is 8.43. The number of hydrogen-bond donors (Lipinski definition) is 2. The van der Waals surface area contributed by atoms with Gasteiger partial charge in [0.05, 0.1) is 16.7 Å². The minimum Gasteiger partial charge on any atom is -0.502 e. The van der Waals surface area contributed by atoms with Gasteiger partial charge in [-0.1, -0.05) is 29.8 Å². The molecule has 1 aromatic heterocycles. The number of carbonyl (C=O) groups excluding carboxylic acids is 2. The highest BCUT2D eigenvalue weighted by Gasteiger charge is 2.62. The molecule has 194 valence electrons. The fourth-order valence-corrected chi connectivity index (χ4v) is 6.81. The molecule has 6 rings (SSSR count). The molecule has 8 nitrogen and oxygen atoms in total. The third kappa shape index (κ3) is 3.33. The summed E-state index contributed by atoms with van der Waals surface area (Å²) in [5.74, 6) is -1.95. The molecule has 2 aliphatic carbocycles. The van der Waals surface area contributed by atoms with Crippen molar-refractivity contribution >= 4 is 23.4 Å². The standard InChI is InChI=1S/C27H27ClFN3O5/c1-14(33)7-11-31-25(36)22-17-8-10-30(13-15-2-5-20(29)19(28)12-15)24(35)21(17)23(34)26(37)32(22)27(31)9-6-16-3-4-18(16)27/h2-5,12,14,16,18,33-34H,6-11,13H2,1H3. The Balaban J connectivity index is 1.45. The molecule has 3 heterocycles. The molecule has 0 radical (unpaired) electrons. The van der Waals surface area contributed by atoms with Crippen molar-refractivity contribution < 1.29 is 24.2 Å². The van der Waals surface area contributed by atoms with E-state index < -0.39 is 34.8 Å². The predicted octanol–water partition coefficient (Wildman–Crippen LogP) is 3.02. The van der Waals surface area contributed by atoms with Crippen LogP contribution in [-0.4, -0.2) is 55.6 Å². The van der Waals surface area contributed by atoms with Crippen molar-refractivity contribution in [3.8, 4) is 5.75 Å². The number of aromatic nitrogens is 1. The van der Waals surface area contributed by atoms with Gasteiger partial charge in [0.25, 0.3) is 17.4 Å². The van der Waals surface area contributed by atoms with Crippen LogP contribution in [0.5, 0.6) is 5.75 Å². The molecule has 4 aliphatic rings. The molecule has 1 saturated carbocycles. The first-order valence-corrected chi connectivity index (χ1v) is 13.0. The highest BCUT2D eigenvalue weighted by Crippen LogP contribution is 2.56. The average molecular weight is 528 g/mol. The lowest BCUT2D eigenvalue weighted by molar-refractivity contribution is 0.00999. The normalized spacial score (nSPS) is 26.4. The number of aromatic hydroxyl groups is 1. The molecule has 1 fully saturated rings. The molecule has 4 unspecified atom stereocenters. The molecule has 4 atom stereocenters. The van der Waals surface area contributed by atoms with Crippen molar-refractivity contribution in [2.45, 2.75) is 50.9 Å². The highest BCUT2D eigenvalue weighted by atomic mass is 35.5. The van der Waals surface area contributed by atoms with Crippen molar-refractivity contribution in [2.24, 2.45) is 11.8 Å². The quantitative estimate of drug-likeness (QED) is 0.582. The van der Waals surface area contributed by atoms with Crippen LogP contribution < -0.4 is 5.56 Å². The maximum absolute atomic E-state index is 13.9. The van der Waals surface area contributed by atoms with Crippen molar-refractivity contribution in [1.29, 1.82) is 0 Å². The van der Waals surface area contributed by atoms with E-state index >= 15 is 0 Å². The maximum Gasteiger partial charge on any atom is 0.296 e. The maximum atomic E-state index is 13.9. The number of aliphatic hydroxyl groups excluding tert-OH is 1. The topological polar surface area (TPSA) is 103 Å². The van der Waals surface area contributed by atoms with Gasteiger partial charge in [-0.25, -0.2) is 4.39 Å². The fourth-order valence-electron chi connectivity index (χ4n) is 6.60. The molecule has 2 aromatic rings. The second-order valence-corrected chi connectivity index (χ2v) is 10.9. The number of carbonyl (C=O) groups is 2. The zero-order valence-corrected chi connectivity index (χ0v) is 21.0. The summed E-state index contributed by atoms with van der Waals surface area (Å²) >= 11 is 5.89. The van der Waals surface area contributed by atoms with E-state index in [4.69, 9.17) is 11.6 Å². The first kappa shape index (κ1) is 24.2. The molecule has 37 heavy (non-hydrogen) atoms. The van der Waals surface area contributed by atoms with Crippen LogP contribution in [-0.2, 0) is 18.6 Å². The van der Waals surface area contributed by atoms with Gasteiger partial charge in [-0.2, -0.15) is 0 Å². The number of pyridine rings is 1. The third-order valence-corrected chi connectivity index (χ3v) is 8.71.